The highest BCUT2D eigenvalue weighted by Gasteiger charge is 2.12. The van der Waals surface area contributed by atoms with Gasteiger partial charge in [-0.2, -0.15) is 0 Å². The Morgan fingerprint density at radius 2 is 2.05 bits per heavy atom. The van der Waals surface area contributed by atoms with Gasteiger partial charge in [-0.15, -0.1) is 0 Å². The lowest BCUT2D eigenvalue weighted by atomic mass is 10.2. The first kappa shape index (κ1) is 12.3. The zero-order valence-electron chi connectivity index (χ0n) is 10.2. The van der Waals surface area contributed by atoms with Gasteiger partial charge in [-0.05, 0) is 29.3 Å². The maximum Gasteiger partial charge on any atom is 0.231 e. The maximum absolute atomic E-state index is 6.04. The lowest BCUT2D eigenvalue weighted by Gasteiger charge is -2.07. The molecular weight excluding hydrogens is 264 g/mol. The standard InChI is InChI=1S/C14H13ClN2O2/c15-12-8-16-4-3-11(12)7-17-6-10-1-2-13-14(5-10)19-9-18-13/h1-5,8,17H,6-7,9H2. The molecule has 19 heavy (non-hydrogen) atoms. The Labute approximate surface area is 116 Å². The minimum absolute atomic E-state index is 0.304. The summed E-state index contributed by atoms with van der Waals surface area (Å²) in [5.74, 6) is 1.61. The van der Waals surface area contributed by atoms with Crippen molar-refractivity contribution < 1.29 is 9.47 Å². The number of nitrogens with zero attached hydrogens (tertiary/aromatic N) is 1. The number of aromatic nitrogens is 1. The molecule has 0 saturated carbocycles. The zero-order valence-corrected chi connectivity index (χ0v) is 11.0. The van der Waals surface area contributed by atoms with Gasteiger partial charge in [0.15, 0.2) is 11.5 Å². The first-order chi connectivity index (χ1) is 9.33. The summed E-state index contributed by atoms with van der Waals surface area (Å²) in [5, 5.41) is 4.02. The Kier molecular flexibility index (Phi) is 3.53. The second-order valence-electron chi connectivity index (χ2n) is 4.26. The molecule has 1 aliphatic heterocycles. The van der Waals surface area contributed by atoms with Crippen LogP contribution in [0, 0.1) is 0 Å². The average Bonchev–Trinajstić information content (AvgIpc) is 2.88. The van der Waals surface area contributed by atoms with Crippen molar-refractivity contribution in [2.45, 2.75) is 13.1 Å². The number of ether oxygens (including phenoxy) is 2. The molecule has 0 atom stereocenters. The van der Waals surface area contributed by atoms with E-state index in [1.54, 1.807) is 12.4 Å². The minimum atomic E-state index is 0.304. The van der Waals surface area contributed by atoms with Crippen molar-refractivity contribution >= 4 is 11.6 Å². The minimum Gasteiger partial charge on any atom is -0.454 e. The molecule has 0 saturated heterocycles. The number of halogens is 1. The molecule has 0 radical (unpaired) electrons. The van der Waals surface area contributed by atoms with E-state index >= 15 is 0 Å². The molecule has 1 N–H and O–H groups in total. The molecule has 98 valence electrons. The number of fused-ring (bicyclic) bond motifs is 1. The monoisotopic (exact) mass is 276 g/mol. The molecule has 0 amide bonds. The third-order valence-corrected chi connectivity index (χ3v) is 3.28. The van der Waals surface area contributed by atoms with Gasteiger partial charge in [0.05, 0.1) is 5.02 Å². The molecule has 0 unspecified atom stereocenters. The molecule has 2 aromatic rings. The van der Waals surface area contributed by atoms with Gasteiger partial charge in [0.25, 0.3) is 0 Å². The highest BCUT2D eigenvalue weighted by atomic mass is 35.5. The molecule has 1 aromatic heterocycles. The van der Waals surface area contributed by atoms with Crippen LogP contribution in [0.25, 0.3) is 0 Å². The number of nitrogens with one attached hydrogen (secondary N) is 1. The summed E-state index contributed by atoms with van der Waals surface area (Å²) in [6, 6.07) is 7.85. The van der Waals surface area contributed by atoms with Crippen LogP contribution in [0.4, 0.5) is 0 Å². The van der Waals surface area contributed by atoms with Crippen molar-refractivity contribution in [3.8, 4) is 11.5 Å². The summed E-state index contributed by atoms with van der Waals surface area (Å²) in [4.78, 5) is 3.96. The molecule has 0 bridgehead atoms. The highest BCUT2D eigenvalue weighted by Crippen LogP contribution is 2.32. The number of pyridine rings is 1. The van der Waals surface area contributed by atoms with E-state index in [1.807, 2.05) is 24.3 Å². The number of hydrogen-bond acceptors (Lipinski definition) is 4. The third kappa shape index (κ3) is 2.80. The number of rotatable bonds is 4. The Morgan fingerprint density at radius 3 is 2.95 bits per heavy atom. The van der Waals surface area contributed by atoms with E-state index in [4.69, 9.17) is 21.1 Å². The van der Waals surface area contributed by atoms with Gasteiger partial charge < -0.3 is 14.8 Å². The lowest BCUT2D eigenvalue weighted by molar-refractivity contribution is 0.174. The van der Waals surface area contributed by atoms with Crippen LogP contribution in [0.3, 0.4) is 0 Å². The van der Waals surface area contributed by atoms with E-state index in [2.05, 4.69) is 10.3 Å². The maximum atomic E-state index is 6.04. The van der Waals surface area contributed by atoms with Gasteiger partial charge in [0.1, 0.15) is 0 Å². The van der Waals surface area contributed by atoms with Crippen molar-refractivity contribution in [3.05, 3.63) is 52.8 Å². The van der Waals surface area contributed by atoms with Crippen LogP contribution in [0.1, 0.15) is 11.1 Å². The topological polar surface area (TPSA) is 43.4 Å². The fourth-order valence-corrected chi connectivity index (χ4v) is 2.13. The van der Waals surface area contributed by atoms with Gasteiger partial charge in [-0.3, -0.25) is 4.98 Å². The third-order valence-electron chi connectivity index (χ3n) is 2.94. The second-order valence-corrected chi connectivity index (χ2v) is 4.67. The summed E-state index contributed by atoms with van der Waals surface area (Å²) >= 11 is 6.04. The van der Waals surface area contributed by atoms with Crippen LogP contribution >= 0.6 is 11.6 Å². The van der Waals surface area contributed by atoms with E-state index in [0.717, 1.165) is 29.2 Å². The first-order valence-corrected chi connectivity index (χ1v) is 6.38. The molecule has 0 fully saturated rings. The van der Waals surface area contributed by atoms with Gasteiger partial charge >= 0.3 is 0 Å². The van der Waals surface area contributed by atoms with Crippen LogP contribution in [-0.2, 0) is 13.1 Å². The van der Waals surface area contributed by atoms with Gasteiger partial charge in [-0.1, -0.05) is 17.7 Å². The van der Waals surface area contributed by atoms with Crippen molar-refractivity contribution in [2.24, 2.45) is 0 Å². The fourth-order valence-electron chi connectivity index (χ4n) is 1.94. The van der Waals surface area contributed by atoms with Crippen LogP contribution < -0.4 is 14.8 Å². The molecule has 5 heteroatoms. The zero-order chi connectivity index (χ0) is 13.1. The predicted octanol–water partition coefficient (Wildman–Crippen LogP) is 2.75. The van der Waals surface area contributed by atoms with Gasteiger partial charge in [0.2, 0.25) is 6.79 Å². The molecule has 2 heterocycles. The Hall–Kier alpha value is -1.78. The van der Waals surface area contributed by atoms with E-state index in [1.165, 1.54) is 0 Å². The van der Waals surface area contributed by atoms with E-state index in [-0.39, 0.29) is 0 Å². The Bertz CT molecular complexity index is 589. The number of benzene rings is 1. The summed E-state index contributed by atoms with van der Waals surface area (Å²) in [7, 11) is 0. The van der Waals surface area contributed by atoms with E-state index in [9.17, 15) is 0 Å². The van der Waals surface area contributed by atoms with Crippen molar-refractivity contribution in [2.75, 3.05) is 6.79 Å². The molecular formula is C14H13ClN2O2. The van der Waals surface area contributed by atoms with Crippen LogP contribution in [0.15, 0.2) is 36.7 Å². The molecule has 0 spiro atoms. The fraction of sp³-hybridized carbons (Fsp3) is 0.214. The van der Waals surface area contributed by atoms with Crippen LogP contribution in [-0.4, -0.2) is 11.8 Å². The van der Waals surface area contributed by atoms with Gasteiger partial charge in [-0.25, -0.2) is 0 Å². The summed E-state index contributed by atoms with van der Waals surface area (Å²) in [5.41, 5.74) is 2.19. The molecule has 3 rings (SSSR count). The average molecular weight is 277 g/mol. The van der Waals surface area contributed by atoms with Crippen molar-refractivity contribution in [3.63, 3.8) is 0 Å². The van der Waals surface area contributed by atoms with E-state index < -0.39 is 0 Å². The van der Waals surface area contributed by atoms with Crippen molar-refractivity contribution in [1.82, 2.24) is 10.3 Å². The smallest absolute Gasteiger partial charge is 0.231 e. The number of hydrogen-bond donors (Lipinski definition) is 1. The van der Waals surface area contributed by atoms with E-state index in [0.29, 0.717) is 18.4 Å². The summed E-state index contributed by atoms with van der Waals surface area (Å²) in [6.07, 6.45) is 3.39. The second kappa shape index (κ2) is 5.47. The van der Waals surface area contributed by atoms with Crippen LogP contribution in [0.5, 0.6) is 11.5 Å². The SMILES string of the molecule is Clc1cnccc1CNCc1ccc2c(c1)OCO2. The van der Waals surface area contributed by atoms with Gasteiger partial charge in [0, 0.05) is 25.5 Å². The molecule has 4 nitrogen and oxygen atoms in total. The molecule has 1 aliphatic rings. The Morgan fingerprint density at radius 1 is 1.16 bits per heavy atom. The first-order valence-electron chi connectivity index (χ1n) is 6.00. The predicted molar refractivity (Wildman–Crippen MR) is 72.4 cm³/mol. The summed E-state index contributed by atoms with van der Waals surface area (Å²) in [6.45, 7) is 1.75. The normalized spacial score (nSPS) is 12.7. The van der Waals surface area contributed by atoms with Crippen LogP contribution in [0.2, 0.25) is 5.02 Å². The summed E-state index contributed by atoms with van der Waals surface area (Å²) < 4.78 is 10.6. The largest absolute Gasteiger partial charge is 0.454 e. The van der Waals surface area contributed by atoms with Crippen molar-refractivity contribution in [1.29, 1.82) is 0 Å². The molecule has 0 aliphatic carbocycles. The quantitative estimate of drug-likeness (QED) is 0.932. The Balaban J connectivity index is 1.59. The molecule has 1 aromatic carbocycles. The lowest BCUT2D eigenvalue weighted by Crippen LogP contribution is -2.13. The highest BCUT2D eigenvalue weighted by molar-refractivity contribution is 6.31.